The summed E-state index contributed by atoms with van der Waals surface area (Å²) in [6.07, 6.45) is 7.69. The number of nitrogens with zero attached hydrogens (tertiary/aromatic N) is 4. The number of piperidine rings is 1. The molecular formula is C23H36N4O2. The van der Waals surface area contributed by atoms with E-state index >= 15 is 0 Å². The molecule has 1 aromatic heterocycles. The Morgan fingerprint density at radius 3 is 2.66 bits per heavy atom. The van der Waals surface area contributed by atoms with Crippen LogP contribution in [0.3, 0.4) is 0 Å². The molecule has 0 aromatic carbocycles. The summed E-state index contributed by atoms with van der Waals surface area (Å²) < 4.78 is 5.55. The van der Waals surface area contributed by atoms with E-state index in [1.54, 1.807) is 0 Å². The number of likely N-dealkylation sites (tertiary alicyclic amines) is 1. The quantitative estimate of drug-likeness (QED) is 0.772. The van der Waals surface area contributed by atoms with Crippen molar-refractivity contribution in [3.8, 4) is 0 Å². The van der Waals surface area contributed by atoms with E-state index < -0.39 is 0 Å². The first kappa shape index (κ1) is 20.6. The zero-order valence-electron chi connectivity index (χ0n) is 18.3. The van der Waals surface area contributed by atoms with E-state index in [-0.39, 0.29) is 17.9 Å². The first-order valence-corrected chi connectivity index (χ1v) is 11.5. The Bertz CT molecular complexity index is 730. The molecule has 4 heterocycles. The fraction of sp³-hybridized carbons (Fsp3) is 0.783. The van der Waals surface area contributed by atoms with Crippen LogP contribution < -0.4 is 4.90 Å². The van der Waals surface area contributed by atoms with Gasteiger partial charge in [-0.05, 0) is 57.8 Å². The van der Waals surface area contributed by atoms with Gasteiger partial charge in [0.1, 0.15) is 5.82 Å². The Morgan fingerprint density at radius 2 is 1.90 bits per heavy atom. The maximum absolute atomic E-state index is 12.8. The lowest BCUT2D eigenvalue weighted by Gasteiger charge is -2.38. The Balaban J connectivity index is 1.62. The van der Waals surface area contributed by atoms with E-state index in [4.69, 9.17) is 14.7 Å². The molecule has 0 radical (unpaired) electrons. The summed E-state index contributed by atoms with van der Waals surface area (Å²) in [5.41, 5.74) is 2.41. The van der Waals surface area contributed by atoms with Crippen molar-refractivity contribution in [1.29, 1.82) is 0 Å². The maximum atomic E-state index is 12.8. The van der Waals surface area contributed by atoms with Gasteiger partial charge in [-0.1, -0.05) is 13.8 Å². The molecule has 1 amide bonds. The van der Waals surface area contributed by atoms with Crippen molar-refractivity contribution in [1.82, 2.24) is 14.9 Å². The number of fused-ring (bicyclic) bond motifs is 1. The fourth-order valence-corrected chi connectivity index (χ4v) is 5.07. The lowest BCUT2D eigenvalue weighted by Crippen LogP contribution is -2.42. The highest BCUT2D eigenvalue weighted by Gasteiger charge is 2.33. The highest BCUT2D eigenvalue weighted by molar-refractivity contribution is 5.78. The van der Waals surface area contributed by atoms with E-state index in [9.17, 15) is 4.79 Å². The summed E-state index contributed by atoms with van der Waals surface area (Å²) in [7, 11) is 0. The van der Waals surface area contributed by atoms with Gasteiger partial charge in [-0.2, -0.15) is 0 Å². The molecule has 6 heteroatoms. The number of carbonyl (C=O) groups excluding carboxylic acids is 1. The molecule has 3 aliphatic heterocycles. The minimum atomic E-state index is 0.0133. The van der Waals surface area contributed by atoms with Crippen LogP contribution in [0, 0.1) is 18.8 Å². The number of hydrogen-bond donors (Lipinski definition) is 0. The molecule has 2 fully saturated rings. The van der Waals surface area contributed by atoms with Crippen molar-refractivity contribution in [3.05, 3.63) is 17.1 Å². The number of hydrogen-bond acceptors (Lipinski definition) is 5. The van der Waals surface area contributed by atoms with Crippen LogP contribution in [0.25, 0.3) is 0 Å². The van der Waals surface area contributed by atoms with Crippen LogP contribution in [-0.4, -0.2) is 53.6 Å². The number of rotatable bonds is 4. The molecule has 0 spiro atoms. The Kier molecular flexibility index (Phi) is 6.38. The van der Waals surface area contributed by atoms with Crippen molar-refractivity contribution < 1.29 is 9.53 Å². The van der Waals surface area contributed by atoms with Crippen LogP contribution >= 0.6 is 0 Å². The van der Waals surface area contributed by atoms with Gasteiger partial charge in [-0.3, -0.25) is 4.79 Å². The second-order valence-corrected chi connectivity index (χ2v) is 9.27. The summed E-state index contributed by atoms with van der Waals surface area (Å²) >= 11 is 0. The van der Waals surface area contributed by atoms with Crippen LogP contribution in [0.1, 0.15) is 75.5 Å². The Labute approximate surface area is 175 Å². The molecule has 4 rings (SSSR count). The van der Waals surface area contributed by atoms with Crippen LogP contribution in [0.5, 0.6) is 0 Å². The van der Waals surface area contributed by atoms with E-state index in [1.165, 1.54) is 12.0 Å². The molecule has 0 saturated carbocycles. The smallest absolute Gasteiger partial charge is 0.225 e. The third-order valence-electron chi connectivity index (χ3n) is 6.76. The number of ether oxygens (including phenoxy) is 1. The van der Waals surface area contributed by atoms with E-state index in [2.05, 4.69) is 11.8 Å². The van der Waals surface area contributed by atoms with Crippen LogP contribution in [0.4, 0.5) is 5.82 Å². The zero-order chi connectivity index (χ0) is 20.4. The molecule has 1 atom stereocenters. The number of carbonyl (C=O) groups is 1. The first-order chi connectivity index (χ1) is 14.0. The Hall–Kier alpha value is -1.69. The predicted octanol–water partition coefficient (Wildman–Crippen LogP) is 3.67. The van der Waals surface area contributed by atoms with E-state index in [1.807, 2.05) is 18.7 Å². The molecule has 0 aliphatic carbocycles. The van der Waals surface area contributed by atoms with Gasteiger partial charge in [0.15, 0.2) is 5.82 Å². The molecule has 1 aromatic rings. The monoisotopic (exact) mass is 400 g/mol. The number of anilines is 1. The minimum Gasteiger partial charge on any atom is -0.381 e. The molecule has 0 N–H and O–H groups in total. The standard InChI is InChI=1S/C23H36N4O2/c1-16(2)23(28)27-12-5-4-8-20(27)21-24-17(3)19-7-6-11-26(22(19)25-21)15-18-9-13-29-14-10-18/h16,18,20H,4-15H2,1-3H3. The van der Waals surface area contributed by atoms with Crippen LogP contribution in [0.2, 0.25) is 0 Å². The third kappa shape index (κ3) is 4.42. The van der Waals surface area contributed by atoms with Gasteiger partial charge in [0.05, 0.1) is 6.04 Å². The summed E-state index contributed by atoms with van der Waals surface area (Å²) in [5, 5.41) is 0. The van der Waals surface area contributed by atoms with Crippen molar-refractivity contribution in [2.75, 3.05) is 37.7 Å². The number of amides is 1. The van der Waals surface area contributed by atoms with Gasteiger partial charge in [-0.25, -0.2) is 9.97 Å². The topological polar surface area (TPSA) is 58.6 Å². The second kappa shape index (κ2) is 8.99. The number of aromatic nitrogens is 2. The lowest BCUT2D eigenvalue weighted by atomic mass is 9.96. The summed E-state index contributed by atoms with van der Waals surface area (Å²) in [5.74, 6) is 2.91. The largest absolute Gasteiger partial charge is 0.381 e. The molecular weight excluding hydrogens is 364 g/mol. The maximum Gasteiger partial charge on any atom is 0.225 e. The molecule has 6 nitrogen and oxygen atoms in total. The molecule has 160 valence electrons. The molecule has 2 saturated heterocycles. The van der Waals surface area contributed by atoms with Crippen molar-refractivity contribution in [2.45, 2.75) is 71.8 Å². The van der Waals surface area contributed by atoms with E-state index in [0.29, 0.717) is 5.92 Å². The van der Waals surface area contributed by atoms with Crippen molar-refractivity contribution in [3.63, 3.8) is 0 Å². The van der Waals surface area contributed by atoms with Gasteiger partial charge in [0.2, 0.25) is 5.91 Å². The third-order valence-corrected chi connectivity index (χ3v) is 6.76. The normalized spacial score (nSPS) is 23.4. The van der Waals surface area contributed by atoms with Crippen LogP contribution in [0.15, 0.2) is 0 Å². The van der Waals surface area contributed by atoms with Gasteiger partial charge in [0, 0.05) is 50.0 Å². The minimum absolute atomic E-state index is 0.0133. The van der Waals surface area contributed by atoms with Crippen molar-refractivity contribution in [2.24, 2.45) is 11.8 Å². The zero-order valence-corrected chi connectivity index (χ0v) is 18.3. The van der Waals surface area contributed by atoms with Gasteiger partial charge in [0.25, 0.3) is 0 Å². The average Bonchev–Trinajstić information content (AvgIpc) is 2.74. The molecule has 0 bridgehead atoms. The average molecular weight is 401 g/mol. The fourth-order valence-electron chi connectivity index (χ4n) is 5.07. The molecule has 3 aliphatic rings. The van der Waals surface area contributed by atoms with Gasteiger partial charge in [-0.15, -0.1) is 0 Å². The molecule has 29 heavy (non-hydrogen) atoms. The van der Waals surface area contributed by atoms with Crippen molar-refractivity contribution >= 4 is 11.7 Å². The van der Waals surface area contributed by atoms with Gasteiger partial charge < -0.3 is 14.5 Å². The highest BCUT2D eigenvalue weighted by Crippen LogP contribution is 2.35. The summed E-state index contributed by atoms with van der Waals surface area (Å²) in [4.78, 5) is 27.4. The molecule has 1 unspecified atom stereocenters. The SMILES string of the molecule is Cc1nc(C2CCCCN2C(=O)C(C)C)nc2c1CCCN2CC1CCOCC1. The van der Waals surface area contributed by atoms with Gasteiger partial charge >= 0.3 is 0 Å². The predicted molar refractivity (Wildman–Crippen MR) is 114 cm³/mol. The van der Waals surface area contributed by atoms with Crippen LogP contribution in [-0.2, 0) is 16.0 Å². The lowest BCUT2D eigenvalue weighted by molar-refractivity contribution is -0.138. The first-order valence-electron chi connectivity index (χ1n) is 11.5. The highest BCUT2D eigenvalue weighted by atomic mass is 16.5. The Morgan fingerprint density at radius 1 is 1.10 bits per heavy atom. The summed E-state index contributed by atoms with van der Waals surface area (Å²) in [6.45, 7) is 10.8. The van der Waals surface area contributed by atoms with E-state index in [0.717, 1.165) is 88.7 Å². The second-order valence-electron chi connectivity index (χ2n) is 9.27. The summed E-state index contributed by atoms with van der Waals surface area (Å²) in [6, 6.07) is 0.0227. The number of aryl methyl sites for hydroxylation is 1.